The first-order chi connectivity index (χ1) is 16.3. The van der Waals surface area contributed by atoms with Gasteiger partial charge in [0.1, 0.15) is 13.6 Å². The molecule has 1 saturated heterocycles. The van der Waals surface area contributed by atoms with E-state index in [1.165, 1.54) is 26.4 Å². The van der Waals surface area contributed by atoms with Crippen molar-refractivity contribution in [2.75, 3.05) is 27.8 Å². The van der Waals surface area contributed by atoms with Crippen LogP contribution in [0, 0.1) is 46.3 Å². The second-order valence-electron chi connectivity index (χ2n) is 12.6. The van der Waals surface area contributed by atoms with E-state index in [1.54, 1.807) is 7.11 Å². The number of methoxy groups -OCH3 is 2. The van der Waals surface area contributed by atoms with Crippen LogP contribution in [0.3, 0.4) is 0 Å². The SMILES string of the molecule is COCO[C@@H]1CC[C@@]2(C)[C@@H](C1)C[C@H]1OCO[C@H]3C[C@H]([C@H](C)CCC(=O)OC)[C@@]4(C)CC[C@H]2[C@@H]1[C@H]34. The highest BCUT2D eigenvalue weighted by Crippen LogP contribution is 2.69. The minimum atomic E-state index is -0.0889. The van der Waals surface area contributed by atoms with Crippen LogP contribution < -0.4 is 0 Å². The number of ether oxygens (including phenoxy) is 5. The summed E-state index contributed by atoms with van der Waals surface area (Å²) in [6, 6.07) is 0. The molecule has 6 heteroatoms. The molecule has 0 aromatic heterocycles. The molecule has 5 rings (SSSR count). The van der Waals surface area contributed by atoms with Gasteiger partial charge in [-0.3, -0.25) is 4.79 Å². The highest BCUT2D eigenvalue weighted by molar-refractivity contribution is 5.69. The first-order valence-electron chi connectivity index (χ1n) is 13.7. The van der Waals surface area contributed by atoms with Gasteiger partial charge in [0.15, 0.2) is 0 Å². The van der Waals surface area contributed by atoms with E-state index in [2.05, 4.69) is 20.8 Å². The van der Waals surface area contributed by atoms with Crippen molar-refractivity contribution < 1.29 is 28.5 Å². The summed E-state index contributed by atoms with van der Waals surface area (Å²) < 4.78 is 29.1. The number of carbonyl (C=O) groups is 1. The largest absolute Gasteiger partial charge is 0.469 e. The molecule has 1 heterocycles. The number of esters is 1. The van der Waals surface area contributed by atoms with Crippen LogP contribution in [0.25, 0.3) is 0 Å². The molecule has 0 spiro atoms. The van der Waals surface area contributed by atoms with Crippen LogP contribution in [0.1, 0.15) is 78.6 Å². The fraction of sp³-hybridized carbons (Fsp3) is 0.964. The number of hydrogen-bond acceptors (Lipinski definition) is 6. The van der Waals surface area contributed by atoms with E-state index in [4.69, 9.17) is 23.7 Å². The Balaban J connectivity index is 1.38. The van der Waals surface area contributed by atoms with Crippen molar-refractivity contribution in [3.63, 3.8) is 0 Å². The molecule has 4 saturated carbocycles. The van der Waals surface area contributed by atoms with Gasteiger partial charge in [-0.25, -0.2) is 0 Å². The van der Waals surface area contributed by atoms with E-state index in [-0.39, 0.29) is 17.5 Å². The van der Waals surface area contributed by atoms with E-state index in [0.717, 1.165) is 32.1 Å². The summed E-state index contributed by atoms with van der Waals surface area (Å²) in [7, 11) is 3.20. The van der Waals surface area contributed by atoms with Crippen molar-refractivity contribution in [2.45, 2.75) is 96.9 Å². The standard InChI is InChI=1S/C28H46O6/c1-17(6-7-24(29)31-5)21-14-23-26-25-20(9-11-28(21,26)3)27(2)10-8-19(32-15-30-4)12-18(27)13-22(25)33-16-34-23/h17-23,25-26H,6-16H2,1-5H3/t17-,18+,19-,20+,21-,22-,23+,25+,26+,27+,28-/m1/s1. The van der Waals surface area contributed by atoms with Crippen molar-refractivity contribution in [1.29, 1.82) is 0 Å². The molecule has 0 amide bonds. The second-order valence-corrected chi connectivity index (χ2v) is 12.6. The van der Waals surface area contributed by atoms with Gasteiger partial charge in [0, 0.05) is 13.5 Å². The molecule has 6 nitrogen and oxygen atoms in total. The predicted octanol–water partition coefficient (Wildman–Crippen LogP) is 5.19. The highest BCUT2D eigenvalue weighted by Gasteiger charge is 2.66. The van der Waals surface area contributed by atoms with Crippen LogP contribution in [0.5, 0.6) is 0 Å². The van der Waals surface area contributed by atoms with Crippen molar-refractivity contribution in [2.24, 2.45) is 46.3 Å². The number of rotatable bonds is 7. The van der Waals surface area contributed by atoms with E-state index >= 15 is 0 Å². The van der Waals surface area contributed by atoms with Gasteiger partial charge in [-0.1, -0.05) is 20.8 Å². The molecule has 5 fully saturated rings. The Morgan fingerprint density at radius 3 is 2.56 bits per heavy atom. The van der Waals surface area contributed by atoms with Gasteiger partial charge in [-0.2, -0.15) is 0 Å². The molecule has 0 N–H and O–H groups in total. The number of hydrogen-bond donors (Lipinski definition) is 0. The van der Waals surface area contributed by atoms with E-state index in [0.29, 0.717) is 73.1 Å². The molecule has 34 heavy (non-hydrogen) atoms. The molecule has 11 atom stereocenters. The molecule has 0 unspecified atom stereocenters. The molecule has 0 radical (unpaired) electrons. The summed E-state index contributed by atoms with van der Waals surface area (Å²) in [4.78, 5) is 11.8. The lowest BCUT2D eigenvalue weighted by Gasteiger charge is -2.62. The Hall–Kier alpha value is -0.690. The lowest BCUT2D eigenvalue weighted by atomic mass is 9.43. The zero-order valence-electron chi connectivity index (χ0n) is 21.9. The maximum absolute atomic E-state index is 11.8. The molecule has 194 valence electrons. The summed E-state index contributed by atoms with van der Waals surface area (Å²) >= 11 is 0. The summed E-state index contributed by atoms with van der Waals surface area (Å²) in [5.74, 6) is 3.49. The smallest absolute Gasteiger partial charge is 0.305 e. The van der Waals surface area contributed by atoms with Gasteiger partial charge in [-0.05, 0) is 97.7 Å². The molecular weight excluding hydrogens is 432 g/mol. The lowest BCUT2D eigenvalue weighted by Crippen LogP contribution is -2.59. The topological polar surface area (TPSA) is 63.2 Å². The third kappa shape index (κ3) is 4.05. The average Bonchev–Trinajstić information content (AvgIpc) is 3.00. The third-order valence-corrected chi connectivity index (χ3v) is 11.4. The summed E-state index contributed by atoms with van der Waals surface area (Å²) in [6.07, 6.45) is 10.6. The van der Waals surface area contributed by atoms with E-state index < -0.39 is 0 Å². The Labute approximate surface area is 205 Å². The Morgan fingerprint density at radius 1 is 1.03 bits per heavy atom. The summed E-state index contributed by atoms with van der Waals surface area (Å²) in [5, 5.41) is 0. The van der Waals surface area contributed by atoms with Crippen molar-refractivity contribution in [1.82, 2.24) is 0 Å². The maximum atomic E-state index is 11.8. The molecule has 0 aromatic carbocycles. The van der Waals surface area contributed by atoms with Crippen molar-refractivity contribution >= 4 is 5.97 Å². The zero-order chi connectivity index (χ0) is 24.1. The van der Waals surface area contributed by atoms with Gasteiger partial charge < -0.3 is 23.7 Å². The third-order valence-electron chi connectivity index (χ3n) is 11.4. The Morgan fingerprint density at radius 2 is 1.79 bits per heavy atom. The fourth-order valence-electron chi connectivity index (χ4n) is 9.63. The van der Waals surface area contributed by atoms with Crippen LogP contribution >= 0.6 is 0 Å². The summed E-state index contributed by atoms with van der Waals surface area (Å²) in [6.45, 7) is 8.30. The van der Waals surface area contributed by atoms with E-state index in [1.807, 2.05) is 0 Å². The van der Waals surface area contributed by atoms with Crippen LogP contribution in [-0.2, 0) is 28.5 Å². The van der Waals surface area contributed by atoms with Crippen molar-refractivity contribution in [3.8, 4) is 0 Å². The van der Waals surface area contributed by atoms with Crippen LogP contribution in [0.15, 0.2) is 0 Å². The molecule has 5 aliphatic rings. The Kier molecular flexibility index (Phi) is 7.09. The van der Waals surface area contributed by atoms with Crippen LogP contribution in [0.4, 0.5) is 0 Å². The van der Waals surface area contributed by atoms with E-state index in [9.17, 15) is 4.79 Å². The quantitative estimate of drug-likeness (QED) is 0.371. The molecular formula is C28H46O6. The lowest BCUT2D eigenvalue weighted by molar-refractivity contribution is -0.193. The van der Waals surface area contributed by atoms with Gasteiger partial charge in [0.2, 0.25) is 0 Å². The van der Waals surface area contributed by atoms with Gasteiger partial charge in [0.05, 0.1) is 25.4 Å². The van der Waals surface area contributed by atoms with Gasteiger partial charge in [-0.15, -0.1) is 0 Å². The molecule has 0 bridgehead atoms. The highest BCUT2D eigenvalue weighted by atomic mass is 16.7. The minimum Gasteiger partial charge on any atom is -0.469 e. The first kappa shape index (κ1) is 25.0. The summed E-state index contributed by atoms with van der Waals surface area (Å²) in [5.41, 5.74) is 0.623. The second kappa shape index (κ2) is 9.64. The van der Waals surface area contributed by atoms with Crippen molar-refractivity contribution in [3.05, 3.63) is 0 Å². The first-order valence-corrected chi connectivity index (χ1v) is 13.7. The minimum absolute atomic E-state index is 0.0889. The van der Waals surface area contributed by atoms with Gasteiger partial charge >= 0.3 is 5.97 Å². The predicted molar refractivity (Wildman–Crippen MR) is 128 cm³/mol. The molecule has 0 aromatic rings. The van der Waals surface area contributed by atoms with Crippen LogP contribution in [0.2, 0.25) is 0 Å². The molecule has 1 aliphatic heterocycles. The normalized spacial score (nSPS) is 48.4. The average molecular weight is 479 g/mol. The monoisotopic (exact) mass is 478 g/mol. The number of carbonyl (C=O) groups excluding carboxylic acids is 1. The molecule has 4 aliphatic carbocycles. The number of fused-ring (bicyclic) bond motifs is 2. The van der Waals surface area contributed by atoms with Crippen LogP contribution in [-0.4, -0.2) is 52.1 Å². The fourth-order valence-corrected chi connectivity index (χ4v) is 9.63. The zero-order valence-corrected chi connectivity index (χ0v) is 21.9. The maximum Gasteiger partial charge on any atom is 0.305 e. The van der Waals surface area contributed by atoms with Gasteiger partial charge in [0.25, 0.3) is 0 Å². The Bertz CT molecular complexity index is 742.